The molecule has 2 aromatic rings. The van der Waals surface area contributed by atoms with E-state index < -0.39 is 39.2 Å². The number of nitrogens with one attached hydrogen (secondary N) is 1. The van der Waals surface area contributed by atoms with Gasteiger partial charge in [0.05, 0.1) is 22.7 Å². The molecule has 0 spiro atoms. The van der Waals surface area contributed by atoms with E-state index in [1.807, 2.05) is 0 Å². The van der Waals surface area contributed by atoms with Gasteiger partial charge in [0.25, 0.3) is 10.0 Å². The van der Waals surface area contributed by atoms with Crippen molar-refractivity contribution in [3.05, 3.63) is 59.4 Å². The molecule has 42 heavy (non-hydrogen) atoms. The summed E-state index contributed by atoms with van der Waals surface area (Å²) in [5, 5.41) is 22.6. The molecule has 1 amide bonds. The Morgan fingerprint density at radius 1 is 1.00 bits per heavy atom. The molecule has 1 heterocycles. The zero-order valence-electron chi connectivity index (χ0n) is 23.0. The van der Waals surface area contributed by atoms with Crippen LogP contribution in [0.1, 0.15) is 69.4 Å². The number of alkyl halides is 3. The number of hydrogen-bond acceptors (Lipinski definition) is 6. The minimum atomic E-state index is -4.98. The number of halogens is 4. The molecule has 1 aliphatic heterocycles. The molecule has 0 saturated heterocycles. The van der Waals surface area contributed by atoms with Gasteiger partial charge in [0, 0.05) is 25.3 Å². The van der Waals surface area contributed by atoms with Crippen molar-refractivity contribution < 1.29 is 45.8 Å². The number of carbonyl (C=O) groups is 2. The lowest BCUT2D eigenvalue weighted by molar-refractivity contribution is -0.258. The zero-order valence-corrected chi connectivity index (χ0v) is 23.8. The number of sulfonamides is 1. The van der Waals surface area contributed by atoms with Crippen LogP contribution in [-0.2, 0) is 31.6 Å². The predicted molar refractivity (Wildman–Crippen MR) is 146 cm³/mol. The quantitative estimate of drug-likeness (QED) is 0.363. The van der Waals surface area contributed by atoms with E-state index in [0.29, 0.717) is 32.6 Å². The van der Waals surface area contributed by atoms with Gasteiger partial charge in [0.1, 0.15) is 11.6 Å². The number of hydrogen-bond donors (Lipinski definition) is 3. The molecule has 2 aliphatic rings. The Kier molecular flexibility index (Phi) is 9.34. The summed E-state index contributed by atoms with van der Waals surface area (Å²) >= 11 is 0. The lowest BCUT2D eigenvalue weighted by atomic mass is 9.88. The molecule has 2 aromatic carbocycles. The Bertz CT molecular complexity index is 1400. The maximum absolute atomic E-state index is 13.8. The molecule has 2 atom stereocenters. The van der Waals surface area contributed by atoms with Crippen LogP contribution in [-0.4, -0.2) is 54.7 Å². The fourth-order valence-electron chi connectivity index (χ4n) is 5.47. The summed E-state index contributed by atoms with van der Waals surface area (Å²) < 4.78 is 82.6. The minimum Gasteiger partial charge on any atom is -0.393 e. The van der Waals surface area contributed by atoms with Gasteiger partial charge < -0.3 is 15.5 Å². The first-order chi connectivity index (χ1) is 19.6. The molecule has 8 nitrogen and oxygen atoms in total. The standard InChI is InChI=1S/C29H34F4N2O6S/c1-28(39,29(31,32)33)19-3-14-26-18(16-19)2-8-22(35(26)42(40,41)25-12-4-20(30)5-13-25)17-24(37)11-15-27(38)34-21-6-9-23(36)10-7-21/h3-5,12-14,16,21-23,36,39H,2,6-11,15,17H2,1H3,(H,34,38)/t21?,22-,23?,28?/m0/s1. The first kappa shape index (κ1) is 31.9. The van der Waals surface area contributed by atoms with Crippen molar-refractivity contribution in [2.24, 2.45) is 0 Å². The van der Waals surface area contributed by atoms with Gasteiger partial charge in [-0.05, 0) is 86.9 Å². The number of aryl methyl sites for hydroxylation is 1. The molecule has 1 fully saturated rings. The van der Waals surface area contributed by atoms with Gasteiger partial charge in [-0.25, -0.2) is 12.8 Å². The number of fused-ring (bicyclic) bond motifs is 1. The maximum Gasteiger partial charge on any atom is 0.421 e. The molecule has 1 saturated carbocycles. The Morgan fingerprint density at radius 2 is 1.64 bits per heavy atom. The predicted octanol–water partition coefficient (Wildman–Crippen LogP) is 4.26. The van der Waals surface area contributed by atoms with Gasteiger partial charge in [-0.1, -0.05) is 12.1 Å². The molecule has 13 heteroatoms. The number of rotatable bonds is 9. The summed E-state index contributed by atoms with van der Waals surface area (Å²) in [6, 6.07) is 6.37. The van der Waals surface area contributed by atoms with Crippen LogP contribution in [0.15, 0.2) is 47.4 Å². The number of aliphatic hydroxyl groups is 2. The van der Waals surface area contributed by atoms with E-state index >= 15 is 0 Å². The van der Waals surface area contributed by atoms with E-state index in [4.69, 9.17) is 0 Å². The van der Waals surface area contributed by atoms with Gasteiger partial charge in [-0.3, -0.25) is 13.9 Å². The number of carbonyl (C=O) groups excluding carboxylic acids is 2. The average molecular weight is 615 g/mol. The molecule has 230 valence electrons. The molecule has 0 bridgehead atoms. The van der Waals surface area contributed by atoms with Gasteiger partial charge in [0.2, 0.25) is 5.91 Å². The highest BCUT2D eigenvalue weighted by Gasteiger charge is 2.51. The van der Waals surface area contributed by atoms with Crippen LogP contribution in [0, 0.1) is 5.82 Å². The molecule has 0 radical (unpaired) electrons. The second-order valence-corrected chi connectivity index (χ2v) is 13.0. The number of ketones is 1. The molecular formula is C29H34F4N2O6S. The molecule has 1 aliphatic carbocycles. The first-order valence-electron chi connectivity index (χ1n) is 13.8. The largest absolute Gasteiger partial charge is 0.421 e. The number of anilines is 1. The fraction of sp³-hybridized carbons (Fsp3) is 0.517. The number of benzene rings is 2. The van der Waals surface area contributed by atoms with E-state index in [0.717, 1.165) is 40.7 Å². The molecule has 1 unspecified atom stereocenters. The normalized spacial score (nSPS) is 22.6. The molecular weight excluding hydrogens is 580 g/mol. The highest BCUT2D eigenvalue weighted by atomic mass is 32.2. The summed E-state index contributed by atoms with van der Waals surface area (Å²) in [5.74, 6) is -1.35. The zero-order chi connectivity index (χ0) is 30.9. The smallest absolute Gasteiger partial charge is 0.393 e. The van der Waals surface area contributed by atoms with Gasteiger partial charge in [0.15, 0.2) is 5.60 Å². The topological polar surface area (TPSA) is 124 Å². The van der Waals surface area contributed by atoms with E-state index in [1.54, 1.807) is 0 Å². The van der Waals surface area contributed by atoms with Gasteiger partial charge >= 0.3 is 6.18 Å². The van der Waals surface area contributed by atoms with Crippen molar-refractivity contribution in [1.29, 1.82) is 0 Å². The van der Waals surface area contributed by atoms with Crippen LogP contribution < -0.4 is 9.62 Å². The van der Waals surface area contributed by atoms with Crippen molar-refractivity contribution in [3.63, 3.8) is 0 Å². The van der Waals surface area contributed by atoms with E-state index in [2.05, 4.69) is 5.32 Å². The highest BCUT2D eigenvalue weighted by molar-refractivity contribution is 7.92. The lowest BCUT2D eigenvalue weighted by Gasteiger charge is -2.38. The molecule has 0 aromatic heterocycles. The van der Waals surface area contributed by atoms with E-state index in [-0.39, 0.29) is 72.1 Å². The third-order valence-electron chi connectivity index (χ3n) is 8.04. The maximum atomic E-state index is 13.8. The third-order valence-corrected chi connectivity index (χ3v) is 9.92. The second kappa shape index (κ2) is 12.3. The Labute approximate surface area is 241 Å². The fourth-order valence-corrected chi connectivity index (χ4v) is 7.19. The minimum absolute atomic E-state index is 0.0577. The summed E-state index contributed by atoms with van der Waals surface area (Å²) in [5.41, 5.74) is -3.33. The second-order valence-electron chi connectivity index (χ2n) is 11.2. The SMILES string of the molecule is CC(O)(c1ccc2c(c1)CC[C@@H](CC(=O)CCC(=O)NC1CCC(O)CC1)N2S(=O)(=O)c1ccc(F)cc1)C(F)(F)F. The van der Waals surface area contributed by atoms with Crippen LogP contribution >= 0.6 is 0 Å². The summed E-state index contributed by atoms with van der Waals surface area (Å²) in [6.45, 7) is 0.611. The number of Topliss-reactive ketones (excluding diaryl/α,β-unsaturated/α-hetero) is 1. The van der Waals surface area contributed by atoms with E-state index in [1.165, 1.54) is 6.07 Å². The van der Waals surface area contributed by atoms with Crippen LogP contribution in [0.2, 0.25) is 0 Å². The van der Waals surface area contributed by atoms with Crippen molar-refractivity contribution in [2.45, 2.75) is 99.6 Å². The third kappa shape index (κ3) is 6.95. The molecule has 3 N–H and O–H groups in total. The number of nitrogens with zero attached hydrogens (tertiary/aromatic N) is 1. The lowest BCUT2D eigenvalue weighted by Crippen LogP contribution is -2.45. The number of amides is 1. The monoisotopic (exact) mass is 614 g/mol. The Morgan fingerprint density at radius 3 is 2.26 bits per heavy atom. The molecule has 4 rings (SSSR count). The van der Waals surface area contributed by atoms with Crippen molar-refractivity contribution in [1.82, 2.24) is 5.32 Å². The van der Waals surface area contributed by atoms with Crippen molar-refractivity contribution in [3.8, 4) is 0 Å². The van der Waals surface area contributed by atoms with Crippen molar-refractivity contribution >= 4 is 27.4 Å². The van der Waals surface area contributed by atoms with Crippen molar-refractivity contribution in [2.75, 3.05) is 4.31 Å². The van der Waals surface area contributed by atoms with Crippen LogP contribution in [0.3, 0.4) is 0 Å². The summed E-state index contributed by atoms with van der Waals surface area (Å²) in [4.78, 5) is 25.1. The Balaban J connectivity index is 1.56. The van der Waals surface area contributed by atoms with Crippen LogP contribution in [0.4, 0.5) is 23.2 Å². The van der Waals surface area contributed by atoms with Crippen LogP contribution in [0.5, 0.6) is 0 Å². The first-order valence-corrected chi connectivity index (χ1v) is 15.2. The summed E-state index contributed by atoms with van der Waals surface area (Å²) in [7, 11) is -4.39. The summed E-state index contributed by atoms with van der Waals surface area (Å²) in [6.07, 6.45) is -3.16. The van der Waals surface area contributed by atoms with Crippen LogP contribution in [0.25, 0.3) is 0 Å². The Hall–Kier alpha value is -3.03. The number of aliphatic hydroxyl groups excluding tert-OH is 1. The van der Waals surface area contributed by atoms with Gasteiger partial charge in [-0.2, -0.15) is 13.2 Å². The van der Waals surface area contributed by atoms with Gasteiger partial charge in [-0.15, -0.1) is 0 Å². The highest BCUT2D eigenvalue weighted by Crippen LogP contribution is 2.43. The van der Waals surface area contributed by atoms with E-state index in [9.17, 15) is 45.8 Å². The average Bonchev–Trinajstić information content (AvgIpc) is 2.92.